The number of hydrogen-bond donors (Lipinski definition) is 2. The highest BCUT2D eigenvalue weighted by Gasteiger charge is 2.21. The van der Waals surface area contributed by atoms with Gasteiger partial charge in [0.25, 0.3) is 0 Å². The van der Waals surface area contributed by atoms with Gasteiger partial charge >= 0.3 is 0 Å². The highest BCUT2D eigenvalue weighted by molar-refractivity contribution is 5.79. The number of benzene rings is 1. The lowest BCUT2D eigenvalue weighted by atomic mass is 10.0. The van der Waals surface area contributed by atoms with Crippen LogP contribution in [0.4, 0.5) is 0 Å². The molecule has 104 valence electrons. The first-order valence-electron chi connectivity index (χ1n) is 6.75. The van der Waals surface area contributed by atoms with E-state index < -0.39 is 0 Å². The van der Waals surface area contributed by atoms with E-state index in [0.29, 0.717) is 0 Å². The molecule has 20 heavy (non-hydrogen) atoms. The van der Waals surface area contributed by atoms with Crippen molar-refractivity contribution < 1.29 is 8.83 Å². The van der Waals surface area contributed by atoms with E-state index in [1.165, 1.54) is 5.56 Å². The zero-order valence-electron chi connectivity index (χ0n) is 11.6. The summed E-state index contributed by atoms with van der Waals surface area (Å²) in [7, 11) is 0. The zero-order valence-corrected chi connectivity index (χ0v) is 11.6. The van der Waals surface area contributed by atoms with Crippen molar-refractivity contribution in [2.75, 3.05) is 0 Å². The molecule has 0 fully saturated rings. The molecule has 0 amide bonds. The van der Waals surface area contributed by atoms with Crippen molar-refractivity contribution in [3.63, 3.8) is 0 Å². The topological polar surface area (TPSA) is 64.3 Å². The molecule has 1 unspecified atom stereocenters. The van der Waals surface area contributed by atoms with Gasteiger partial charge in [-0.1, -0.05) is 18.6 Å². The lowest BCUT2D eigenvalue weighted by Gasteiger charge is -2.12. The summed E-state index contributed by atoms with van der Waals surface area (Å²) in [6.07, 6.45) is 2.51. The van der Waals surface area contributed by atoms with Crippen LogP contribution in [0.5, 0.6) is 0 Å². The van der Waals surface area contributed by atoms with Crippen molar-refractivity contribution >= 4 is 11.0 Å². The molecule has 0 saturated carbocycles. The first kappa shape index (κ1) is 13.0. The molecular formula is C16H18N2O2. The summed E-state index contributed by atoms with van der Waals surface area (Å²) >= 11 is 0. The minimum absolute atomic E-state index is 0.198. The van der Waals surface area contributed by atoms with Crippen LogP contribution < -0.4 is 11.3 Å². The minimum atomic E-state index is -0.198. The molecule has 2 aromatic heterocycles. The van der Waals surface area contributed by atoms with E-state index in [-0.39, 0.29) is 6.04 Å². The summed E-state index contributed by atoms with van der Waals surface area (Å²) < 4.78 is 11.4. The van der Waals surface area contributed by atoms with Gasteiger partial charge in [0.1, 0.15) is 23.1 Å². The predicted octanol–water partition coefficient (Wildman–Crippen LogP) is 3.45. The Morgan fingerprint density at radius 1 is 1.25 bits per heavy atom. The van der Waals surface area contributed by atoms with Crippen LogP contribution in [0.1, 0.15) is 35.6 Å². The van der Waals surface area contributed by atoms with Gasteiger partial charge in [-0.05, 0) is 31.2 Å². The molecule has 0 aliphatic carbocycles. The average molecular weight is 270 g/mol. The summed E-state index contributed by atoms with van der Waals surface area (Å²) in [5, 5.41) is 1.08. The van der Waals surface area contributed by atoms with E-state index in [2.05, 4.69) is 25.3 Å². The molecule has 4 nitrogen and oxygen atoms in total. The molecule has 3 rings (SSSR count). The largest absolute Gasteiger partial charge is 0.469 e. The molecule has 0 aliphatic heterocycles. The molecule has 1 aromatic carbocycles. The van der Waals surface area contributed by atoms with Crippen molar-refractivity contribution in [2.24, 2.45) is 5.84 Å². The van der Waals surface area contributed by atoms with Gasteiger partial charge < -0.3 is 8.83 Å². The number of fused-ring (bicyclic) bond motifs is 1. The van der Waals surface area contributed by atoms with Gasteiger partial charge in [-0.3, -0.25) is 5.84 Å². The normalized spacial score (nSPS) is 12.9. The molecule has 0 bridgehead atoms. The number of rotatable bonds is 4. The van der Waals surface area contributed by atoms with Gasteiger partial charge in [-0.25, -0.2) is 5.43 Å². The summed E-state index contributed by atoms with van der Waals surface area (Å²) in [4.78, 5) is 0. The highest BCUT2D eigenvalue weighted by atomic mass is 16.3. The van der Waals surface area contributed by atoms with Gasteiger partial charge in [0.2, 0.25) is 0 Å². The third-order valence-electron chi connectivity index (χ3n) is 3.55. The van der Waals surface area contributed by atoms with Crippen molar-refractivity contribution in [1.82, 2.24) is 5.43 Å². The maximum absolute atomic E-state index is 5.92. The van der Waals surface area contributed by atoms with Gasteiger partial charge in [0.05, 0.1) is 6.26 Å². The molecular weight excluding hydrogens is 252 g/mol. The second kappa shape index (κ2) is 5.15. The van der Waals surface area contributed by atoms with Gasteiger partial charge in [-0.15, -0.1) is 0 Å². The molecule has 3 aromatic rings. The Morgan fingerprint density at radius 2 is 2.10 bits per heavy atom. The van der Waals surface area contributed by atoms with E-state index >= 15 is 0 Å². The molecule has 4 heteroatoms. The second-order valence-electron chi connectivity index (χ2n) is 4.94. The predicted molar refractivity (Wildman–Crippen MR) is 78.2 cm³/mol. The lowest BCUT2D eigenvalue weighted by molar-refractivity contribution is 0.460. The number of nitrogens with two attached hydrogens (primary N) is 1. The fourth-order valence-electron chi connectivity index (χ4n) is 2.55. The third-order valence-corrected chi connectivity index (χ3v) is 3.55. The molecule has 0 aliphatic rings. The van der Waals surface area contributed by atoms with Crippen molar-refractivity contribution in [1.29, 1.82) is 0 Å². The molecule has 0 spiro atoms. The van der Waals surface area contributed by atoms with Crippen LogP contribution in [-0.2, 0) is 6.42 Å². The first-order valence-corrected chi connectivity index (χ1v) is 6.75. The van der Waals surface area contributed by atoms with E-state index in [0.717, 1.165) is 34.5 Å². The monoisotopic (exact) mass is 270 g/mol. The van der Waals surface area contributed by atoms with Crippen LogP contribution in [0, 0.1) is 6.92 Å². The smallest absolute Gasteiger partial charge is 0.134 e. The second-order valence-corrected chi connectivity index (χ2v) is 4.94. The Bertz CT molecular complexity index is 727. The molecule has 2 heterocycles. The number of furan rings is 2. The highest BCUT2D eigenvalue weighted by Crippen LogP contribution is 2.30. The van der Waals surface area contributed by atoms with Crippen LogP contribution in [0.2, 0.25) is 0 Å². The Labute approximate surface area is 117 Å². The van der Waals surface area contributed by atoms with Crippen LogP contribution in [0.15, 0.2) is 45.4 Å². The fraction of sp³-hybridized carbons (Fsp3) is 0.250. The van der Waals surface area contributed by atoms with E-state index in [1.807, 2.05) is 24.3 Å². The summed E-state index contributed by atoms with van der Waals surface area (Å²) in [5.74, 6) is 7.44. The Kier molecular flexibility index (Phi) is 3.34. The third kappa shape index (κ3) is 2.13. The fourth-order valence-corrected chi connectivity index (χ4v) is 2.55. The van der Waals surface area contributed by atoms with E-state index in [1.54, 1.807) is 6.26 Å². The Balaban J connectivity index is 2.07. The standard InChI is InChI=1S/C16H18N2O2/c1-3-13-12(6-7-19-13)16(18-17)15-9-11-8-10(2)4-5-14(11)20-15/h4-9,16,18H,3,17H2,1-2H3. The summed E-state index contributed by atoms with van der Waals surface area (Å²) in [5.41, 5.74) is 5.91. The van der Waals surface area contributed by atoms with Crippen molar-refractivity contribution in [3.8, 4) is 0 Å². The molecule has 3 N–H and O–H groups in total. The van der Waals surface area contributed by atoms with Gasteiger partial charge in [-0.2, -0.15) is 0 Å². The van der Waals surface area contributed by atoms with Crippen molar-refractivity contribution in [3.05, 3.63) is 59.2 Å². The quantitative estimate of drug-likeness (QED) is 0.563. The molecule has 0 radical (unpaired) electrons. The number of aryl methyl sites for hydroxylation is 2. The van der Waals surface area contributed by atoms with Crippen LogP contribution in [-0.4, -0.2) is 0 Å². The number of hydrogen-bond acceptors (Lipinski definition) is 4. The van der Waals surface area contributed by atoms with E-state index in [9.17, 15) is 0 Å². The Hall–Kier alpha value is -2.04. The van der Waals surface area contributed by atoms with Gasteiger partial charge in [0.15, 0.2) is 0 Å². The van der Waals surface area contributed by atoms with E-state index in [4.69, 9.17) is 14.7 Å². The summed E-state index contributed by atoms with van der Waals surface area (Å²) in [6, 6.07) is 9.89. The van der Waals surface area contributed by atoms with Crippen LogP contribution in [0.3, 0.4) is 0 Å². The lowest BCUT2D eigenvalue weighted by Crippen LogP contribution is -2.28. The van der Waals surface area contributed by atoms with Crippen LogP contribution >= 0.6 is 0 Å². The zero-order chi connectivity index (χ0) is 14.1. The number of hydrazine groups is 1. The maximum atomic E-state index is 5.92. The summed E-state index contributed by atoms with van der Waals surface area (Å²) in [6.45, 7) is 4.12. The van der Waals surface area contributed by atoms with Crippen LogP contribution in [0.25, 0.3) is 11.0 Å². The first-order chi connectivity index (χ1) is 9.72. The molecule has 1 atom stereocenters. The minimum Gasteiger partial charge on any atom is -0.469 e. The van der Waals surface area contributed by atoms with Gasteiger partial charge in [0, 0.05) is 17.4 Å². The molecule has 0 saturated heterocycles. The average Bonchev–Trinajstić information content (AvgIpc) is 3.05. The van der Waals surface area contributed by atoms with Crippen molar-refractivity contribution in [2.45, 2.75) is 26.3 Å². The maximum Gasteiger partial charge on any atom is 0.134 e. The Morgan fingerprint density at radius 3 is 2.85 bits per heavy atom. The number of nitrogens with one attached hydrogen (secondary N) is 1. The SMILES string of the molecule is CCc1occc1C(NN)c1cc2cc(C)ccc2o1.